The van der Waals surface area contributed by atoms with E-state index in [9.17, 15) is 4.79 Å². The predicted octanol–water partition coefficient (Wildman–Crippen LogP) is 3.86. The van der Waals surface area contributed by atoms with E-state index in [1.54, 1.807) is 11.8 Å². The maximum absolute atomic E-state index is 12.2. The van der Waals surface area contributed by atoms with Crippen LogP contribution in [0, 0.1) is 0 Å². The smallest absolute Gasteiger partial charge is 0.320 e. The van der Waals surface area contributed by atoms with E-state index >= 15 is 0 Å². The molecule has 1 N–H and O–H groups in total. The van der Waals surface area contributed by atoms with Crippen LogP contribution in [0.4, 0.5) is 5.69 Å². The third-order valence-electron chi connectivity index (χ3n) is 4.82. The van der Waals surface area contributed by atoms with Gasteiger partial charge in [0.05, 0.1) is 12.2 Å². The Bertz CT molecular complexity index is 817. The number of carbonyl (C=O) groups is 1. The fourth-order valence-electron chi connectivity index (χ4n) is 3.24. The van der Waals surface area contributed by atoms with E-state index in [4.69, 9.17) is 17.0 Å². The molecule has 0 radical (unpaired) electrons. The number of hydrogen-bond acceptors (Lipinski definition) is 5. The molecule has 0 saturated carbocycles. The Hall–Kier alpha value is -2.09. The van der Waals surface area contributed by atoms with Crippen molar-refractivity contribution in [2.24, 2.45) is 0 Å². The van der Waals surface area contributed by atoms with Gasteiger partial charge in [0.15, 0.2) is 5.11 Å². The molecule has 154 valence electrons. The summed E-state index contributed by atoms with van der Waals surface area (Å²) >= 11 is 7.34. The minimum absolute atomic E-state index is 0.183. The molecule has 1 aliphatic rings. The molecule has 0 unspecified atom stereocenters. The highest BCUT2D eigenvalue weighted by atomic mass is 32.2. The van der Waals surface area contributed by atoms with Crippen molar-refractivity contribution < 1.29 is 9.53 Å². The van der Waals surface area contributed by atoms with E-state index in [1.165, 1.54) is 4.90 Å². The number of nitrogens with zero attached hydrogens (tertiary/aromatic N) is 2. The van der Waals surface area contributed by atoms with E-state index in [0.717, 1.165) is 49.0 Å². The van der Waals surface area contributed by atoms with Crippen molar-refractivity contribution in [3.63, 3.8) is 0 Å². The number of thiocarbonyl (C=S) groups is 1. The molecule has 1 saturated heterocycles. The normalized spacial score (nSPS) is 14.9. The third-order valence-corrected chi connectivity index (χ3v) is 5.98. The van der Waals surface area contributed by atoms with Gasteiger partial charge < -0.3 is 15.0 Å². The number of hydrogen-bond donors (Lipinski definition) is 1. The van der Waals surface area contributed by atoms with Crippen LogP contribution in [0.2, 0.25) is 0 Å². The molecule has 29 heavy (non-hydrogen) atoms. The topological polar surface area (TPSA) is 44.8 Å². The van der Waals surface area contributed by atoms with Gasteiger partial charge in [-0.05, 0) is 42.6 Å². The number of carbonyl (C=O) groups excluding carboxylic acids is 1. The number of anilines is 1. The van der Waals surface area contributed by atoms with Crippen LogP contribution < -0.4 is 5.32 Å². The molecule has 1 heterocycles. The maximum Gasteiger partial charge on any atom is 0.320 e. The summed E-state index contributed by atoms with van der Waals surface area (Å²) in [6.07, 6.45) is 3.02. The number of para-hydroxylation sites is 1. The largest absolute Gasteiger partial charge is 0.460 e. The first-order valence-corrected chi connectivity index (χ1v) is 11.4. The summed E-state index contributed by atoms with van der Waals surface area (Å²) < 4.78 is 5.42. The average Bonchev–Trinajstić information content (AvgIpc) is 2.99. The zero-order valence-corrected chi connectivity index (χ0v) is 18.3. The summed E-state index contributed by atoms with van der Waals surface area (Å²) in [6, 6.07) is 17.9. The minimum Gasteiger partial charge on any atom is -0.460 e. The fraction of sp³-hybridized carbons (Fsp3) is 0.364. The van der Waals surface area contributed by atoms with Crippen LogP contribution >= 0.6 is 24.0 Å². The van der Waals surface area contributed by atoms with Crippen LogP contribution in [0.1, 0.15) is 12.0 Å². The maximum atomic E-state index is 12.2. The lowest BCUT2D eigenvalue weighted by atomic mass is 10.2. The summed E-state index contributed by atoms with van der Waals surface area (Å²) in [5.41, 5.74) is 2.04. The first kappa shape index (κ1) is 21.6. The standard InChI is InChI=1S/C22H27N3O2S2/c1-29-20-11-6-5-10-19(20)23-22(28)25-13-7-12-24(14-15-25)16-21(26)27-17-18-8-3-2-4-9-18/h2-6,8-11H,7,12-17H2,1H3,(H,23,28). The van der Waals surface area contributed by atoms with Crippen molar-refractivity contribution in [3.8, 4) is 0 Å². The van der Waals surface area contributed by atoms with Crippen LogP contribution in [-0.2, 0) is 16.1 Å². The number of nitrogens with one attached hydrogen (secondary N) is 1. The molecule has 2 aromatic rings. The monoisotopic (exact) mass is 429 g/mol. The van der Waals surface area contributed by atoms with Gasteiger partial charge in [-0.2, -0.15) is 0 Å². The Labute approximate surface area is 182 Å². The van der Waals surface area contributed by atoms with Crippen LogP contribution in [0.5, 0.6) is 0 Å². The molecular weight excluding hydrogens is 402 g/mol. The number of rotatable bonds is 6. The van der Waals surface area contributed by atoms with Gasteiger partial charge in [0.2, 0.25) is 0 Å². The second kappa shape index (κ2) is 11.2. The van der Waals surface area contributed by atoms with Crippen molar-refractivity contribution in [2.75, 3.05) is 44.3 Å². The van der Waals surface area contributed by atoms with Crippen LogP contribution in [0.3, 0.4) is 0 Å². The molecule has 0 spiro atoms. The lowest BCUT2D eigenvalue weighted by Crippen LogP contribution is -2.39. The Kier molecular flexibility index (Phi) is 8.34. The molecule has 1 aliphatic heterocycles. The molecule has 5 nitrogen and oxygen atoms in total. The van der Waals surface area contributed by atoms with Gasteiger partial charge in [0.25, 0.3) is 0 Å². The first-order valence-electron chi connectivity index (χ1n) is 9.76. The molecule has 2 aromatic carbocycles. The van der Waals surface area contributed by atoms with Crippen LogP contribution in [0.15, 0.2) is 59.5 Å². The number of thioether (sulfide) groups is 1. The molecule has 0 aliphatic carbocycles. The molecule has 1 fully saturated rings. The third kappa shape index (κ3) is 6.73. The van der Waals surface area contributed by atoms with E-state index < -0.39 is 0 Å². The van der Waals surface area contributed by atoms with Crippen molar-refractivity contribution in [3.05, 3.63) is 60.2 Å². The van der Waals surface area contributed by atoms with Crippen molar-refractivity contribution in [2.45, 2.75) is 17.9 Å². The Balaban J connectivity index is 1.45. The fourth-order valence-corrected chi connectivity index (χ4v) is 4.09. The van der Waals surface area contributed by atoms with Crippen LogP contribution in [0.25, 0.3) is 0 Å². The minimum atomic E-state index is -0.183. The zero-order valence-electron chi connectivity index (χ0n) is 16.7. The second-order valence-electron chi connectivity index (χ2n) is 6.89. The second-order valence-corrected chi connectivity index (χ2v) is 8.13. The Morgan fingerprint density at radius 2 is 1.83 bits per heavy atom. The van der Waals surface area contributed by atoms with Gasteiger partial charge in [-0.25, -0.2) is 0 Å². The number of benzene rings is 2. The van der Waals surface area contributed by atoms with Gasteiger partial charge in [-0.3, -0.25) is 9.69 Å². The molecule has 0 bridgehead atoms. The molecular formula is C22H27N3O2S2. The Morgan fingerprint density at radius 3 is 2.62 bits per heavy atom. The van der Waals surface area contributed by atoms with E-state index in [0.29, 0.717) is 13.2 Å². The van der Waals surface area contributed by atoms with Gasteiger partial charge in [0, 0.05) is 31.1 Å². The van der Waals surface area contributed by atoms with Crippen LogP contribution in [-0.4, -0.2) is 59.9 Å². The zero-order chi connectivity index (χ0) is 20.5. The molecule has 0 atom stereocenters. The van der Waals surface area contributed by atoms with Gasteiger partial charge in [0.1, 0.15) is 6.61 Å². The van der Waals surface area contributed by atoms with Crippen molar-refractivity contribution >= 4 is 40.7 Å². The summed E-state index contributed by atoms with van der Waals surface area (Å²) in [5, 5.41) is 4.12. The predicted molar refractivity (Wildman–Crippen MR) is 123 cm³/mol. The highest BCUT2D eigenvalue weighted by Crippen LogP contribution is 2.25. The SMILES string of the molecule is CSc1ccccc1NC(=S)N1CCCN(CC(=O)OCc2ccccc2)CC1. The summed E-state index contributed by atoms with van der Waals surface area (Å²) in [6.45, 7) is 3.95. The molecule has 7 heteroatoms. The van der Waals surface area contributed by atoms with Gasteiger partial charge in [-0.1, -0.05) is 42.5 Å². The number of ether oxygens (including phenoxy) is 1. The van der Waals surface area contributed by atoms with E-state index in [-0.39, 0.29) is 5.97 Å². The summed E-state index contributed by atoms with van der Waals surface area (Å²) in [5.74, 6) is -0.183. The quantitative estimate of drug-likeness (QED) is 0.425. The Morgan fingerprint density at radius 1 is 1.07 bits per heavy atom. The molecule has 0 amide bonds. The van der Waals surface area contributed by atoms with Gasteiger partial charge in [-0.15, -0.1) is 11.8 Å². The van der Waals surface area contributed by atoms with Crippen molar-refractivity contribution in [1.29, 1.82) is 0 Å². The summed E-state index contributed by atoms with van der Waals surface area (Å²) in [7, 11) is 0. The van der Waals surface area contributed by atoms with E-state index in [2.05, 4.69) is 27.4 Å². The first-order chi connectivity index (χ1) is 14.2. The lowest BCUT2D eigenvalue weighted by Gasteiger charge is -2.25. The molecule has 3 rings (SSSR count). The average molecular weight is 430 g/mol. The molecule has 0 aromatic heterocycles. The van der Waals surface area contributed by atoms with Crippen molar-refractivity contribution in [1.82, 2.24) is 9.80 Å². The summed E-state index contributed by atoms with van der Waals surface area (Å²) in [4.78, 5) is 17.7. The highest BCUT2D eigenvalue weighted by Gasteiger charge is 2.19. The van der Waals surface area contributed by atoms with Gasteiger partial charge >= 0.3 is 5.97 Å². The van der Waals surface area contributed by atoms with E-state index in [1.807, 2.05) is 48.5 Å². The number of esters is 1. The highest BCUT2D eigenvalue weighted by molar-refractivity contribution is 7.98. The lowest BCUT2D eigenvalue weighted by molar-refractivity contribution is -0.146.